The molecule has 0 aliphatic carbocycles. The van der Waals surface area contributed by atoms with E-state index in [-0.39, 0.29) is 17.7 Å². The van der Waals surface area contributed by atoms with Crippen LogP contribution in [0.15, 0.2) is 35.0 Å². The highest BCUT2D eigenvalue weighted by Gasteiger charge is 2.13. The first kappa shape index (κ1) is 17.4. The van der Waals surface area contributed by atoms with E-state index < -0.39 is 0 Å². The fourth-order valence-electron chi connectivity index (χ4n) is 2.16. The van der Waals surface area contributed by atoms with Crippen LogP contribution in [0.1, 0.15) is 20.8 Å². The molecule has 0 spiro atoms. The van der Waals surface area contributed by atoms with Crippen molar-refractivity contribution in [2.45, 2.75) is 26.9 Å². The van der Waals surface area contributed by atoms with E-state index in [1.165, 1.54) is 7.11 Å². The van der Waals surface area contributed by atoms with Gasteiger partial charge in [0.2, 0.25) is 5.88 Å². The average Bonchev–Trinajstić information content (AvgIpc) is 2.44. The van der Waals surface area contributed by atoms with Gasteiger partial charge in [-0.1, -0.05) is 0 Å². The smallest absolute Gasteiger partial charge is 0.223 e. The lowest BCUT2D eigenvalue weighted by Gasteiger charge is -2.13. The lowest BCUT2D eigenvalue weighted by Crippen LogP contribution is -2.10. The minimum atomic E-state index is -0.0803. The molecule has 0 aliphatic heterocycles. The molecule has 0 amide bonds. The van der Waals surface area contributed by atoms with Gasteiger partial charge in [-0.3, -0.25) is 0 Å². The number of benzene rings is 1. The Morgan fingerprint density at radius 3 is 2.58 bits per heavy atom. The van der Waals surface area contributed by atoms with Gasteiger partial charge < -0.3 is 26.0 Å². The third-order valence-corrected chi connectivity index (χ3v) is 3.05. The van der Waals surface area contributed by atoms with E-state index in [0.29, 0.717) is 33.9 Å². The fraction of sp³-hybridized carbons (Fsp3) is 0.294. The Labute approximate surface area is 140 Å². The standard InChI is InChI=1S/C17H22N4O3/c1-9(2)24-17-12-8-14(23-4)13(22)6-11(12)7-16(21-17)20-15(19)5-10(3)18/h5-9,22H,18H2,1-4H3,(H2,19,20,21)/b10-5-. The minimum Gasteiger partial charge on any atom is -0.504 e. The highest BCUT2D eigenvalue weighted by molar-refractivity contribution is 5.95. The largest absolute Gasteiger partial charge is 0.504 e. The fourth-order valence-corrected chi connectivity index (χ4v) is 2.16. The zero-order chi connectivity index (χ0) is 17.9. The average molecular weight is 330 g/mol. The lowest BCUT2D eigenvalue weighted by atomic mass is 10.1. The number of nitrogens with two attached hydrogens (primary N) is 2. The van der Waals surface area contributed by atoms with Crippen LogP contribution in [0.4, 0.5) is 5.82 Å². The SMILES string of the molecule is COc1cc2c(OC(C)C)nc(/N=C(N)\C=C(\C)N)cc2cc1O. The molecule has 7 nitrogen and oxygen atoms in total. The Balaban J connectivity index is 2.65. The highest BCUT2D eigenvalue weighted by atomic mass is 16.5. The summed E-state index contributed by atoms with van der Waals surface area (Å²) in [6.45, 7) is 5.51. The number of ether oxygens (including phenoxy) is 2. The molecule has 0 saturated carbocycles. The maximum Gasteiger partial charge on any atom is 0.223 e. The zero-order valence-electron chi connectivity index (χ0n) is 14.2. The monoisotopic (exact) mass is 330 g/mol. The summed E-state index contributed by atoms with van der Waals surface area (Å²) >= 11 is 0. The molecule has 1 heterocycles. The zero-order valence-corrected chi connectivity index (χ0v) is 14.2. The van der Waals surface area contributed by atoms with Gasteiger partial charge in [-0.05, 0) is 50.4 Å². The molecular formula is C17H22N4O3. The highest BCUT2D eigenvalue weighted by Crippen LogP contribution is 2.36. The Hall–Kier alpha value is -2.96. The first-order chi connectivity index (χ1) is 11.3. The number of pyridine rings is 1. The quantitative estimate of drug-likeness (QED) is 0.573. The molecule has 1 aromatic carbocycles. The van der Waals surface area contributed by atoms with E-state index >= 15 is 0 Å². The molecule has 0 atom stereocenters. The van der Waals surface area contributed by atoms with Crippen LogP contribution in [0.25, 0.3) is 10.8 Å². The van der Waals surface area contributed by atoms with E-state index in [2.05, 4.69) is 9.98 Å². The predicted molar refractivity (Wildman–Crippen MR) is 95.0 cm³/mol. The summed E-state index contributed by atoms with van der Waals surface area (Å²) in [5.41, 5.74) is 12.0. The van der Waals surface area contributed by atoms with Crippen LogP contribution in [0, 0.1) is 0 Å². The number of phenolic OH excluding ortho intramolecular Hbond substituents is 1. The van der Waals surface area contributed by atoms with Crippen molar-refractivity contribution in [1.29, 1.82) is 0 Å². The molecule has 5 N–H and O–H groups in total. The molecule has 24 heavy (non-hydrogen) atoms. The van der Waals surface area contributed by atoms with Gasteiger partial charge in [-0.15, -0.1) is 0 Å². The number of hydrogen-bond acceptors (Lipinski definition) is 6. The Bertz CT molecular complexity index is 809. The number of rotatable bonds is 5. The Morgan fingerprint density at radius 2 is 2.00 bits per heavy atom. The van der Waals surface area contributed by atoms with Crippen LogP contribution >= 0.6 is 0 Å². The van der Waals surface area contributed by atoms with Gasteiger partial charge in [-0.2, -0.15) is 4.98 Å². The maximum atomic E-state index is 10.0. The Kier molecular flexibility index (Phi) is 5.13. The number of fused-ring (bicyclic) bond motifs is 1. The van der Waals surface area contributed by atoms with Crippen LogP contribution in [-0.4, -0.2) is 29.1 Å². The number of amidine groups is 1. The number of allylic oxidation sites excluding steroid dienone is 1. The van der Waals surface area contributed by atoms with Crippen molar-refractivity contribution in [3.05, 3.63) is 30.0 Å². The lowest BCUT2D eigenvalue weighted by molar-refractivity contribution is 0.236. The van der Waals surface area contributed by atoms with Crippen LogP contribution in [-0.2, 0) is 0 Å². The summed E-state index contributed by atoms with van der Waals surface area (Å²) in [7, 11) is 1.48. The van der Waals surface area contributed by atoms with Crippen molar-refractivity contribution in [3.8, 4) is 17.4 Å². The molecule has 2 aromatic rings. The molecule has 7 heteroatoms. The molecule has 1 aromatic heterocycles. The molecule has 0 bridgehead atoms. The van der Waals surface area contributed by atoms with Crippen LogP contribution in [0.3, 0.4) is 0 Å². The maximum absolute atomic E-state index is 10.0. The molecule has 128 valence electrons. The number of hydrogen-bond donors (Lipinski definition) is 3. The van der Waals surface area contributed by atoms with Crippen molar-refractivity contribution in [2.75, 3.05) is 7.11 Å². The van der Waals surface area contributed by atoms with E-state index in [4.69, 9.17) is 20.9 Å². The molecule has 2 rings (SSSR count). The first-order valence-corrected chi connectivity index (χ1v) is 7.46. The number of phenols is 1. The third kappa shape index (κ3) is 4.07. The van der Waals surface area contributed by atoms with Crippen LogP contribution in [0.2, 0.25) is 0 Å². The second kappa shape index (κ2) is 7.08. The van der Waals surface area contributed by atoms with Crippen molar-refractivity contribution < 1.29 is 14.6 Å². The molecule has 0 fully saturated rings. The van der Waals surface area contributed by atoms with Gasteiger partial charge >= 0.3 is 0 Å². The topological polar surface area (TPSA) is 116 Å². The van der Waals surface area contributed by atoms with E-state index in [1.807, 2.05) is 13.8 Å². The van der Waals surface area contributed by atoms with Gasteiger partial charge in [0, 0.05) is 11.1 Å². The minimum absolute atomic E-state index is 0.0206. The predicted octanol–water partition coefficient (Wildman–Crippen LogP) is 2.59. The Morgan fingerprint density at radius 1 is 1.29 bits per heavy atom. The number of methoxy groups -OCH3 is 1. The van der Waals surface area contributed by atoms with Gasteiger partial charge in [0.25, 0.3) is 0 Å². The van der Waals surface area contributed by atoms with E-state index in [0.717, 1.165) is 0 Å². The number of aliphatic imine (C=N–C) groups is 1. The van der Waals surface area contributed by atoms with Gasteiger partial charge in [0.05, 0.1) is 13.2 Å². The molecule has 0 saturated heterocycles. The van der Waals surface area contributed by atoms with Gasteiger partial charge in [0.1, 0.15) is 5.84 Å². The van der Waals surface area contributed by atoms with Crippen molar-refractivity contribution in [3.63, 3.8) is 0 Å². The number of aromatic hydroxyl groups is 1. The molecule has 0 radical (unpaired) electrons. The number of nitrogens with zero attached hydrogens (tertiary/aromatic N) is 2. The normalized spacial score (nSPS) is 12.7. The van der Waals surface area contributed by atoms with E-state index in [9.17, 15) is 5.11 Å². The molecular weight excluding hydrogens is 308 g/mol. The van der Waals surface area contributed by atoms with Gasteiger partial charge in [0.15, 0.2) is 17.3 Å². The first-order valence-electron chi connectivity index (χ1n) is 7.46. The van der Waals surface area contributed by atoms with Crippen molar-refractivity contribution in [1.82, 2.24) is 4.98 Å². The van der Waals surface area contributed by atoms with Crippen molar-refractivity contribution >= 4 is 22.4 Å². The van der Waals surface area contributed by atoms with Crippen LogP contribution in [0.5, 0.6) is 17.4 Å². The molecule has 0 aliphatic rings. The van der Waals surface area contributed by atoms with Crippen molar-refractivity contribution in [2.24, 2.45) is 16.5 Å². The summed E-state index contributed by atoms with van der Waals surface area (Å²) in [6.07, 6.45) is 1.46. The number of aromatic nitrogens is 1. The summed E-state index contributed by atoms with van der Waals surface area (Å²) < 4.78 is 10.9. The van der Waals surface area contributed by atoms with E-state index in [1.54, 1.807) is 31.2 Å². The van der Waals surface area contributed by atoms with Crippen LogP contribution < -0.4 is 20.9 Å². The summed E-state index contributed by atoms with van der Waals surface area (Å²) in [5, 5.41) is 11.4. The third-order valence-electron chi connectivity index (χ3n) is 3.05. The summed E-state index contributed by atoms with van der Waals surface area (Å²) in [4.78, 5) is 8.62. The molecule has 0 unspecified atom stereocenters. The summed E-state index contributed by atoms with van der Waals surface area (Å²) in [5.74, 6) is 1.34. The second-order valence-electron chi connectivity index (χ2n) is 5.62. The van der Waals surface area contributed by atoms with Gasteiger partial charge in [-0.25, -0.2) is 4.99 Å². The summed E-state index contributed by atoms with van der Waals surface area (Å²) in [6, 6.07) is 4.95. The second-order valence-corrected chi connectivity index (χ2v) is 5.62.